The second-order valence-electron chi connectivity index (χ2n) is 5.17. The number of rotatable bonds is 4. The number of nitrogens with two attached hydrogens (primary N) is 1. The average molecular weight is 321 g/mol. The Morgan fingerprint density at radius 2 is 1.78 bits per heavy atom. The van der Waals surface area contributed by atoms with E-state index in [1.54, 1.807) is 23.7 Å². The number of nitrogens with zero attached hydrogens (tertiary/aromatic N) is 4. The van der Waals surface area contributed by atoms with Crippen molar-refractivity contribution in [2.75, 3.05) is 6.54 Å². The van der Waals surface area contributed by atoms with Gasteiger partial charge in [-0.15, -0.1) is 11.3 Å². The van der Waals surface area contributed by atoms with Gasteiger partial charge in [0.2, 0.25) is 0 Å². The molecule has 4 rings (SSSR count). The first-order chi connectivity index (χ1) is 11.4. The quantitative estimate of drug-likeness (QED) is 0.627. The summed E-state index contributed by atoms with van der Waals surface area (Å²) < 4.78 is 2.19. The lowest BCUT2D eigenvalue weighted by Crippen LogP contribution is -2.06. The van der Waals surface area contributed by atoms with Crippen molar-refractivity contribution in [2.24, 2.45) is 5.73 Å². The molecule has 0 amide bonds. The number of fused-ring (bicyclic) bond motifs is 1. The van der Waals surface area contributed by atoms with Crippen LogP contribution in [0.25, 0.3) is 27.5 Å². The Labute approximate surface area is 137 Å². The summed E-state index contributed by atoms with van der Waals surface area (Å²) in [5.74, 6) is 0. The number of aromatic nitrogens is 4. The third-order valence-electron chi connectivity index (χ3n) is 3.73. The monoisotopic (exact) mass is 321 g/mol. The van der Waals surface area contributed by atoms with E-state index in [1.807, 2.05) is 30.6 Å². The molecule has 0 unspecified atom stereocenters. The van der Waals surface area contributed by atoms with E-state index >= 15 is 0 Å². The molecular formula is C17H15N5S. The van der Waals surface area contributed by atoms with Crippen molar-refractivity contribution in [3.63, 3.8) is 0 Å². The molecule has 5 nitrogen and oxygen atoms in total. The highest BCUT2D eigenvalue weighted by Gasteiger charge is 2.18. The molecular weight excluding hydrogens is 306 g/mol. The molecule has 4 heterocycles. The van der Waals surface area contributed by atoms with Gasteiger partial charge in [-0.3, -0.25) is 14.4 Å². The molecule has 0 aliphatic heterocycles. The maximum atomic E-state index is 5.85. The third-order valence-corrected chi connectivity index (χ3v) is 4.56. The fraction of sp³-hybridized carbons (Fsp3) is 0.118. The summed E-state index contributed by atoms with van der Waals surface area (Å²) >= 11 is 1.63. The van der Waals surface area contributed by atoms with Crippen LogP contribution in [0.15, 0.2) is 54.4 Å². The summed E-state index contributed by atoms with van der Waals surface area (Å²) in [6.07, 6.45) is 8.03. The van der Waals surface area contributed by atoms with Gasteiger partial charge in [-0.25, -0.2) is 4.98 Å². The molecule has 0 fully saturated rings. The molecule has 0 aliphatic rings. The van der Waals surface area contributed by atoms with E-state index in [4.69, 9.17) is 10.7 Å². The van der Waals surface area contributed by atoms with E-state index in [2.05, 4.69) is 25.8 Å². The second kappa shape index (κ2) is 5.91. The van der Waals surface area contributed by atoms with Gasteiger partial charge in [-0.1, -0.05) is 0 Å². The van der Waals surface area contributed by atoms with Crippen LogP contribution >= 0.6 is 11.3 Å². The maximum absolute atomic E-state index is 5.85. The van der Waals surface area contributed by atoms with Gasteiger partial charge in [-0.2, -0.15) is 0 Å². The standard InChI is InChI=1S/C17H15N5S/c18-6-5-14-16(13-4-2-8-20-10-13)21-17-22(14)15(11-23-17)12-3-1-7-19-9-12/h1-4,7-11H,5-6,18H2. The van der Waals surface area contributed by atoms with Crippen molar-refractivity contribution >= 4 is 16.3 Å². The Morgan fingerprint density at radius 3 is 2.43 bits per heavy atom. The Hall–Kier alpha value is -2.57. The van der Waals surface area contributed by atoms with Crippen molar-refractivity contribution in [1.82, 2.24) is 19.4 Å². The molecule has 0 atom stereocenters. The maximum Gasteiger partial charge on any atom is 0.194 e. The zero-order chi connectivity index (χ0) is 15.6. The van der Waals surface area contributed by atoms with Crippen LogP contribution in [0.1, 0.15) is 5.69 Å². The molecule has 0 saturated heterocycles. The Bertz CT molecular complexity index is 928. The molecule has 0 spiro atoms. The Kier molecular flexibility index (Phi) is 3.61. The van der Waals surface area contributed by atoms with E-state index in [9.17, 15) is 0 Å². The van der Waals surface area contributed by atoms with Crippen molar-refractivity contribution in [1.29, 1.82) is 0 Å². The lowest BCUT2D eigenvalue weighted by atomic mass is 10.1. The minimum Gasteiger partial charge on any atom is -0.330 e. The molecule has 2 N–H and O–H groups in total. The first kappa shape index (κ1) is 14.0. The van der Waals surface area contributed by atoms with E-state index in [1.165, 1.54) is 0 Å². The summed E-state index contributed by atoms with van der Waals surface area (Å²) in [6, 6.07) is 7.96. The third kappa shape index (κ3) is 2.42. The molecule has 4 aromatic heterocycles. The lowest BCUT2D eigenvalue weighted by Gasteiger charge is -2.06. The SMILES string of the molecule is NCCc1c(-c2cccnc2)nc2scc(-c3cccnc3)n12. The predicted molar refractivity (Wildman–Crippen MR) is 92.3 cm³/mol. The van der Waals surface area contributed by atoms with Crippen LogP contribution in [0.5, 0.6) is 0 Å². The normalized spacial score (nSPS) is 11.2. The van der Waals surface area contributed by atoms with Gasteiger partial charge in [0.25, 0.3) is 0 Å². The van der Waals surface area contributed by atoms with Crippen LogP contribution < -0.4 is 5.73 Å². The zero-order valence-electron chi connectivity index (χ0n) is 12.4. The molecule has 0 aromatic carbocycles. The topological polar surface area (TPSA) is 69.1 Å². The van der Waals surface area contributed by atoms with E-state index in [-0.39, 0.29) is 0 Å². The molecule has 0 saturated carbocycles. The summed E-state index contributed by atoms with van der Waals surface area (Å²) in [6.45, 7) is 0.573. The van der Waals surface area contributed by atoms with Gasteiger partial charge in [-0.05, 0) is 30.8 Å². The number of imidazole rings is 1. The van der Waals surface area contributed by atoms with E-state index in [0.717, 1.165) is 39.6 Å². The van der Waals surface area contributed by atoms with Crippen molar-refractivity contribution in [3.05, 3.63) is 60.1 Å². The van der Waals surface area contributed by atoms with Gasteiger partial charge in [0.05, 0.1) is 17.1 Å². The van der Waals surface area contributed by atoms with Gasteiger partial charge >= 0.3 is 0 Å². The van der Waals surface area contributed by atoms with Crippen LogP contribution in [0.3, 0.4) is 0 Å². The molecule has 23 heavy (non-hydrogen) atoms. The van der Waals surface area contributed by atoms with Gasteiger partial charge in [0.15, 0.2) is 4.96 Å². The predicted octanol–water partition coefficient (Wildman–Crippen LogP) is 3.02. The number of hydrogen-bond acceptors (Lipinski definition) is 5. The van der Waals surface area contributed by atoms with Crippen molar-refractivity contribution in [2.45, 2.75) is 6.42 Å². The summed E-state index contributed by atoms with van der Waals surface area (Å²) in [5.41, 5.74) is 11.1. The smallest absolute Gasteiger partial charge is 0.194 e. The summed E-state index contributed by atoms with van der Waals surface area (Å²) in [4.78, 5) is 14.2. The molecule has 0 radical (unpaired) electrons. The lowest BCUT2D eigenvalue weighted by molar-refractivity contribution is 0.913. The highest BCUT2D eigenvalue weighted by molar-refractivity contribution is 7.15. The number of thiazole rings is 1. The molecule has 0 bridgehead atoms. The largest absolute Gasteiger partial charge is 0.330 e. The van der Waals surface area contributed by atoms with Gasteiger partial charge in [0, 0.05) is 47.7 Å². The molecule has 0 aliphatic carbocycles. The van der Waals surface area contributed by atoms with Crippen LogP contribution in [-0.4, -0.2) is 25.9 Å². The van der Waals surface area contributed by atoms with Gasteiger partial charge in [0.1, 0.15) is 0 Å². The van der Waals surface area contributed by atoms with Crippen molar-refractivity contribution < 1.29 is 0 Å². The summed E-state index contributed by atoms with van der Waals surface area (Å²) in [7, 11) is 0. The minimum absolute atomic E-state index is 0.573. The zero-order valence-corrected chi connectivity index (χ0v) is 13.2. The molecule has 6 heteroatoms. The van der Waals surface area contributed by atoms with Crippen LogP contribution in [0.2, 0.25) is 0 Å². The first-order valence-corrected chi connectivity index (χ1v) is 8.26. The first-order valence-electron chi connectivity index (χ1n) is 7.38. The molecule has 114 valence electrons. The highest BCUT2D eigenvalue weighted by Crippen LogP contribution is 2.32. The van der Waals surface area contributed by atoms with Crippen LogP contribution in [0, 0.1) is 0 Å². The second-order valence-corrected chi connectivity index (χ2v) is 6.00. The highest BCUT2D eigenvalue weighted by atomic mass is 32.1. The van der Waals surface area contributed by atoms with E-state index in [0.29, 0.717) is 6.54 Å². The van der Waals surface area contributed by atoms with Crippen molar-refractivity contribution in [3.8, 4) is 22.5 Å². The van der Waals surface area contributed by atoms with Crippen LogP contribution in [-0.2, 0) is 6.42 Å². The fourth-order valence-corrected chi connectivity index (χ4v) is 3.65. The average Bonchev–Trinajstić information content (AvgIpc) is 3.17. The number of hydrogen-bond donors (Lipinski definition) is 1. The Balaban J connectivity index is 1.97. The molecule has 4 aromatic rings. The number of pyridine rings is 2. The summed E-state index contributed by atoms with van der Waals surface area (Å²) in [5, 5.41) is 2.12. The fourth-order valence-electron chi connectivity index (χ4n) is 2.73. The minimum atomic E-state index is 0.573. The van der Waals surface area contributed by atoms with Crippen LogP contribution in [0.4, 0.5) is 0 Å². The Morgan fingerprint density at radius 1 is 1.04 bits per heavy atom. The van der Waals surface area contributed by atoms with Gasteiger partial charge < -0.3 is 5.73 Å². The van der Waals surface area contributed by atoms with E-state index < -0.39 is 0 Å².